The minimum Gasteiger partial charge on any atom is -0.493 e. The summed E-state index contributed by atoms with van der Waals surface area (Å²) in [7, 11) is 1.34. The van der Waals surface area contributed by atoms with Crippen molar-refractivity contribution in [2.45, 2.75) is 32.8 Å². The fraction of sp³-hybridized carbons (Fsp3) is 0.214. The lowest BCUT2D eigenvalue weighted by Crippen LogP contribution is -2.22. The van der Waals surface area contributed by atoms with Gasteiger partial charge in [-0.15, -0.1) is 0 Å². The summed E-state index contributed by atoms with van der Waals surface area (Å²) in [6.45, 7) is 1.90. The molecule has 206 valence electrons. The molecule has 0 saturated heterocycles. The second-order valence-electron chi connectivity index (χ2n) is 8.78. The van der Waals surface area contributed by atoms with Gasteiger partial charge in [-0.2, -0.15) is 9.78 Å². The number of methoxy groups -OCH3 is 1. The van der Waals surface area contributed by atoms with Gasteiger partial charge in [0.25, 0.3) is 5.56 Å². The van der Waals surface area contributed by atoms with Gasteiger partial charge in [0.2, 0.25) is 5.75 Å². The van der Waals surface area contributed by atoms with Gasteiger partial charge in [0.1, 0.15) is 12.4 Å². The summed E-state index contributed by atoms with van der Waals surface area (Å²) in [5.41, 5.74) is 0.687. The quantitative estimate of drug-likeness (QED) is 0.132. The van der Waals surface area contributed by atoms with E-state index >= 15 is 0 Å². The molecule has 0 bridgehead atoms. The van der Waals surface area contributed by atoms with Crippen LogP contribution in [0.15, 0.2) is 69.0 Å². The minimum atomic E-state index is -1.10. The predicted octanol–water partition coefficient (Wildman–Crippen LogP) is 5.58. The van der Waals surface area contributed by atoms with E-state index in [0.29, 0.717) is 34.3 Å². The van der Waals surface area contributed by atoms with Crippen LogP contribution in [-0.4, -0.2) is 39.0 Å². The number of carboxylic acids is 1. The molecule has 0 unspecified atom stereocenters. The number of rotatable bonds is 11. The van der Waals surface area contributed by atoms with E-state index in [4.69, 9.17) is 9.47 Å². The number of fused-ring (bicyclic) bond motifs is 1. The number of hydrogen-bond acceptors (Lipinski definition) is 8. The summed E-state index contributed by atoms with van der Waals surface area (Å²) in [5.74, 6) is -0.671. The number of aryl methyl sites for hydroxylation is 1. The number of halogens is 1. The third-order valence-corrected chi connectivity index (χ3v) is 6.48. The van der Waals surface area contributed by atoms with Crippen LogP contribution in [0, 0.1) is 10.1 Å². The Kier molecular flexibility index (Phi) is 8.90. The van der Waals surface area contributed by atoms with E-state index < -0.39 is 10.9 Å². The fourth-order valence-corrected chi connectivity index (χ4v) is 4.36. The minimum absolute atomic E-state index is 0.0678. The molecule has 0 aliphatic heterocycles. The number of aromatic carboxylic acids is 1. The summed E-state index contributed by atoms with van der Waals surface area (Å²) in [6, 6.07) is 14.1. The van der Waals surface area contributed by atoms with Crippen LogP contribution < -0.4 is 15.0 Å². The van der Waals surface area contributed by atoms with Crippen LogP contribution in [0.2, 0.25) is 0 Å². The Balaban J connectivity index is 1.72. The second kappa shape index (κ2) is 12.5. The highest BCUT2D eigenvalue weighted by Crippen LogP contribution is 2.38. The monoisotopic (exact) mass is 608 g/mol. The number of nitro benzene ring substituents is 1. The first-order chi connectivity index (χ1) is 19.2. The number of nitrogens with zero attached hydrogens (tertiary/aromatic N) is 4. The molecule has 0 aliphatic rings. The molecule has 0 fully saturated rings. The predicted molar refractivity (Wildman–Crippen MR) is 153 cm³/mol. The fourth-order valence-electron chi connectivity index (χ4n) is 4.00. The molecule has 0 radical (unpaired) electrons. The normalized spacial score (nSPS) is 11.2. The Labute approximate surface area is 237 Å². The first-order valence-corrected chi connectivity index (χ1v) is 13.1. The number of aromatic nitrogens is 2. The van der Waals surface area contributed by atoms with Crippen molar-refractivity contribution in [1.29, 1.82) is 0 Å². The molecule has 11 nitrogen and oxygen atoms in total. The summed E-state index contributed by atoms with van der Waals surface area (Å²) < 4.78 is 13.0. The molecule has 0 saturated carbocycles. The zero-order valence-corrected chi connectivity index (χ0v) is 23.3. The number of carbonyl (C=O) groups is 1. The molecule has 0 atom stereocenters. The first kappa shape index (κ1) is 28.4. The van der Waals surface area contributed by atoms with Crippen LogP contribution in [0.25, 0.3) is 10.9 Å². The van der Waals surface area contributed by atoms with Crippen LogP contribution in [0.4, 0.5) is 5.69 Å². The number of hydrogen-bond donors (Lipinski definition) is 1. The smallest absolute Gasteiger partial charge is 0.335 e. The zero-order chi connectivity index (χ0) is 28.8. The van der Waals surface area contributed by atoms with E-state index in [9.17, 15) is 24.8 Å². The third-order valence-electron chi connectivity index (χ3n) is 5.98. The van der Waals surface area contributed by atoms with Crippen molar-refractivity contribution >= 4 is 44.7 Å². The molecule has 0 amide bonds. The molecule has 1 N–H and O–H groups in total. The highest BCUT2D eigenvalue weighted by molar-refractivity contribution is 9.10. The van der Waals surface area contributed by atoms with Gasteiger partial charge in [-0.25, -0.2) is 9.78 Å². The van der Waals surface area contributed by atoms with Crippen molar-refractivity contribution in [3.63, 3.8) is 0 Å². The molecule has 3 aromatic carbocycles. The van der Waals surface area contributed by atoms with Crippen molar-refractivity contribution in [3.8, 4) is 11.5 Å². The lowest BCUT2D eigenvalue weighted by Gasteiger charge is -2.12. The number of nitro groups is 1. The zero-order valence-electron chi connectivity index (χ0n) is 21.7. The standard InChI is InChI=1S/C28H25BrN4O7/c1-3-4-8-25-31-22-10-9-20(29)14-21(22)27(34)32(25)30-15-18-12-23(33(37)38)26(24(13-18)39-2)40-16-17-6-5-7-19(11-17)28(35)36/h5-7,9-15H,3-4,8,16H2,1-2H3,(H,35,36). The van der Waals surface area contributed by atoms with Crippen molar-refractivity contribution in [2.24, 2.45) is 5.10 Å². The molecule has 0 spiro atoms. The van der Waals surface area contributed by atoms with Crippen molar-refractivity contribution in [3.05, 3.63) is 102 Å². The maximum Gasteiger partial charge on any atom is 0.335 e. The summed E-state index contributed by atoms with van der Waals surface area (Å²) >= 11 is 3.38. The average molecular weight is 609 g/mol. The molecular weight excluding hydrogens is 584 g/mol. The van der Waals surface area contributed by atoms with E-state index in [2.05, 4.69) is 26.0 Å². The average Bonchev–Trinajstić information content (AvgIpc) is 2.94. The highest BCUT2D eigenvalue weighted by Gasteiger charge is 2.23. The van der Waals surface area contributed by atoms with E-state index in [1.54, 1.807) is 24.3 Å². The van der Waals surface area contributed by atoms with Gasteiger partial charge >= 0.3 is 11.7 Å². The SMILES string of the molecule is CCCCc1nc2ccc(Br)cc2c(=O)n1N=Cc1cc(OC)c(OCc2cccc(C(=O)O)c2)c([N+](=O)[O-])c1. The number of benzene rings is 3. The number of unbranched alkanes of at least 4 members (excludes halogenated alkanes) is 1. The van der Waals surface area contributed by atoms with Crippen LogP contribution >= 0.6 is 15.9 Å². The second-order valence-corrected chi connectivity index (χ2v) is 9.69. The Bertz CT molecular complexity index is 1680. The van der Waals surface area contributed by atoms with Crippen LogP contribution in [-0.2, 0) is 13.0 Å². The van der Waals surface area contributed by atoms with Crippen LogP contribution in [0.3, 0.4) is 0 Å². The Hall–Kier alpha value is -4.58. The van der Waals surface area contributed by atoms with E-state index in [-0.39, 0.29) is 34.9 Å². The Morgan fingerprint density at radius 3 is 2.73 bits per heavy atom. The molecular formula is C28H25BrN4O7. The van der Waals surface area contributed by atoms with Gasteiger partial charge in [-0.3, -0.25) is 14.9 Å². The number of ether oxygens (including phenoxy) is 2. The van der Waals surface area contributed by atoms with Crippen molar-refractivity contribution in [1.82, 2.24) is 9.66 Å². The largest absolute Gasteiger partial charge is 0.493 e. The van der Waals surface area contributed by atoms with Gasteiger partial charge in [0, 0.05) is 22.5 Å². The lowest BCUT2D eigenvalue weighted by atomic mass is 10.1. The molecule has 0 aliphatic carbocycles. The van der Waals surface area contributed by atoms with E-state index in [0.717, 1.165) is 17.3 Å². The summed E-state index contributed by atoms with van der Waals surface area (Å²) in [4.78, 5) is 40.5. The van der Waals surface area contributed by atoms with Crippen molar-refractivity contribution < 1.29 is 24.3 Å². The van der Waals surface area contributed by atoms with Gasteiger partial charge in [0.15, 0.2) is 5.75 Å². The van der Waals surface area contributed by atoms with E-state index in [1.807, 2.05) is 13.0 Å². The van der Waals surface area contributed by atoms with Crippen molar-refractivity contribution in [2.75, 3.05) is 7.11 Å². The molecule has 1 aromatic heterocycles. The van der Waals surface area contributed by atoms with E-state index in [1.165, 1.54) is 42.3 Å². The lowest BCUT2D eigenvalue weighted by molar-refractivity contribution is -0.386. The van der Waals surface area contributed by atoms with Gasteiger partial charge < -0.3 is 14.6 Å². The van der Waals surface area contributed by atoms with Crippen LogP contribution in [0.5, 0.6) is 11.5 Å². The third kappa shape index (κ3) is 6.34. The highest BCUT2D eigenvalue weighted by atomic mass is 79.9. The van der Waals surface area contributed by atoms with Gasteiger partial charge in [-0.05, 0) is 48.4 Å². The molecule has 12 heteroatoms. The molecule has 4 aromatic rings. The van der Waals surface area contributed by atoms with Crippen LogP contribution in [0.1, 0.15) is 47.1 Å². The number of carboxylic acid groups (broad SMARTS) is 1. The molecule has 1 heterocycles. The first-order valence-electron chi connectivity index (χ1n) is 12.3. The Morgan fingerprint density at radius 2 is 2.02 bits per heavy atom. The maximum absolute atomic E-state index is 13.3. The molecule has 40 heavy (non-hydrogen) atoms. The summed E-state index contributed by atoms with van der Waals surface area (Å²) in [6.07, 6.45) is 3.54. The maximum atomic E-state index is 13.3. The van der Waals surface area contributed by atoms with Gasteiger partial charge in [0.05, 0.1) is 34.7 Å². The summed E-state index contributed by atoms with van der Waals surface area (Å²) in [5, 5.41) is 25.9. The van der Waals surface area contributed by atoms with Gasteiger partial charge in [-0.1, -0.05) is 41.4 Å². The Morgan fingerprint density at radius 1 is 1.23 bits per heavy atom. The topological polar surface area (TPSA) is 146 Å². The molecule has 4 rings (SSSR count).